The van der Waals surface area contributed by atoms with E-state index in [1.165, 1.54) is 36.5 Å². The lowest BCUT2D eigenvalue weighted by Gasteiger charge is -2.03. The number of benzene rings is 1. The number of carbonyl (C=O) groups excluding carboxylic acids is 3. The predicted octanol–water partition coefficient (Wildman–Crippen LogP) is 3.72. The van der Waals surface area contributed by atoms with Crippen molar-refractivity contribution in [1.29, 1.82) is 0 Å². The van der Waals surface area contributed by atoms with Gasteiger partial charge >= 0.3 is 0 Å². The second-order valence-electron chi connectivity index (χ2n) is 5.93. The SMILES string of the molecule is CC(=O)NCc1ccc(C(=O)Nc2nc(-c3ccc(NC(C)=O)cc3)cs2)s1. The summed E-state index contributed by atoms with van der Waals surface area (Å²) in [6.07, 6.45) is 0. The standard InChI is InChI=1S/C19H18N4O3S2/c1-11(24)20-9-15-7-8-17(28-15)18(26)23-19-22-16(10-27-19)13-3-5-14(6-4-13)21-12(2)25/h3-8,10H,9H2,1-2H3,(H,20,24)(H,21,25)(H,22,23,26). The van der Waals surface area contributed by atoms with Crippen molar-refractivity contribution in [3.05, 3.63) is 51.5 Å². The zero-order chi connectivity index (χ0) is 20.1. The van der Waals surface area contributed by atoms with E-state index in [-0.39, 0.29) is 17.7 Å². The normalized spacial score (nSPS) is 10.4. The molecule has 0 atom stereocenters. The van der Waals surface area contributed by atoms with Crippen LogP contribution in [0.3, 0.4) is 0 Å². The molecule has 0 aliphatic carbocycles. The first-order valence-corrected chi connectivity index (χ1v) is 10.1. The molecule has 3 N–H and O–H groups in total. The molecule has 0 unspecified atom stereocenters. The van der Waals surface area contributed by atoms with Crippen molar-refractivity contribution in [2.75, 3.05) is 10.6 Å². The molecule has 7 nitrogen and oxygen atoms in total. The van der Waals surface area contributed by atoms with Gasteiger partial charge < -0.3 is 10.6 Å². The van der Waals surface area contributed by atoms with E-state index in [9.17, 15) is 14.4 Å². The lowest BCUT2D eigenvalue weighted by atomic mass is 10.1. The number of aromatic nitrogens is 1. The fourth-order valence-electron chi connectivity index (χ4n) is 2.36. The molecular formula is C19H18N4O3S2. The van der Waals surface area contributed by atoms with Crippen LogP contribution in [0.1, 0.15) is 28.4 Å². The monoisotopic (exact) mass is 414 g/mol. The van der Waals surface area contributed by atoms with Crippen molar-refractivity contribution < 1.29 is 14.4 Å². The van der Waals surface area contributed by atoms with Crippen LogP contribution in [0.15, 0.2) is 41.8 Å². The summed E-state index contributed by atoms with van der Waals surface area (Å²) in [4.78, 5) is 40.4. The Balaban J connectivity index is 1.63. The first-order chi connectivity index (χ1) is 13.4. The van der Waals surface area contributed by atoms with E-state index >= 15 is 0 Å². The third-order valence-electron chi connectivity index (χ3n) is 3.62. The molecule has 0 bridgehead atoms. The zero-order valence-electron chi connectivity index (χ0n) is 15.2. The Morgan fingerprint density at radius 2 is 1.71 bits per heavy atom. The Kier molecular flexibility index (Phi) is 6.17. The molecule has 2 heterocycles. The molecule has 28 heavy (non-hydrogen) atoms. The highest BCUT2D eigenvalue weighted by Crippen LogP contribution is 2.27. The lowest BCUT2D eigenvalue weighted by molar-refractivity contribution is -0.119. The van der Waals surface area contributed by atoms with Crippen molar-refractivity contribution in [3.63, 3.8) is 0 Å². The summed E-state index contributed by atoms with van der Waals surface area (Å²) in [6.45, 7) is 3.32. The summed E-state index contributed by atoms with van der Waals surface area (Å²) in [6, 6.07) is 10.9. The van der Waals surface area contributed by atoms with Crippen molar-refractivity contribution in [2.24, 2.45) is 0 Å². The Morgan fingerprint density at radius 3 is 2.39 bits per heavy atom. The second kappa shape index (κ2) is 8.77. The van der Waals surface area contributed by atoms with Crippen LogP contribution in [-0.2, 0) is 16.1 Å². The van der Waals surface area contributed by atoms with Gasteiger partial charge in [0.2, 0.25) is 11.8 Å². The first-order valence-electron chi connectivity index (χ1n) is 8.39. The molecule has 0 saturated carbocycles. The molecule has 0 spiro atoms. The lowest BCUT2D eigenvalue weighted by Crippen LogP contribution is -2.18. The predicted molar refractivity (Wildman–Crippen MR) is 112 cm³/mol. The number of nitrogens with one attached hydrogen (secondary N) is 3. The minimum atomic E-state index is -0.235. The van der Waals surface area contributed by atoms with E-state index in [1.54, 1.807) is 18.2 Å². The van der Waals surface area contributed by atoms with Gasteiger partial charge in [-0.25, -0.2) is 4.98 Å². The smallest absolute Gasteiger partial charge is 0.267 e. The molecule has 0 fully saturated rings. The minimum Gasteiger partial charge on any atom is -0.351 e. The van der Waals surface area contributed by atoms with Crippen LogP contribution in [0.2, 0.25) is 0 Å². The zero-order valence-corrected chi connectivity index (χ0v) is 16.9. The van der Waals surface area contributed by atoms with Crippen LogP contribution in [0.25, 0.3) is 11.3 Å². The van der Waals surface area contributed by atoms with Crippen LogP contribution in [0.4, 0.5) is 10.8 Å². The van der Waals surface area contributed by atoms with Crippen molar-refractivity contribution >= 4 is 51.2 Å². The van der Waals surface area contributed by atoms with E-state index in [2.05, 4.69) is 20.9 Å². The third-order valence-corrected chi connectivity index (χ3v) is 5.46. The molecule has 144 valence electrons. The first kappa shape index (κ1) is 19.7. The van der Waals surface area contributed by atoms with Gasteiger partial charge in [-0.2, -0.15) is 0 Å². The molecule has 0 radical (unpaired) electrons. The number of hydrogen-bond acceptors (Lipinski definition) is 6. The third kappa shape index (κ3) is 5.24. The van der Waals surface area contributed by atoms with Crippen LogP contribution >= 0.6 is 22.7 Å². The highest BCUT2D eigenvalue weighted by atomic mass is 32.1. The van der Waals surface area contributed by atoms with Gasteiger partial charge in [0.15, 0.2) is 5.13 Å². The summed E-state index contributed by atoms with van der Waals surface area (Å²) in [5, 5.41) is 10.6. The molecule has 2 aromatic heterocycles. The number of thiazole rings is 1. The maximum atomic E-state index is 12.4. The fourth-order valence-corrected chi connectivity index (χ4v) is 3.91. The largest absolute Gasteiger partial charge is 0.351 e. The number of rotatable bonds is 6. The van der Waals surface area contributed by atoms with Gasteiger partial charge in [0, 0.05) is 35.4 Å². The van der Waals surface area contributed by atoms with Crippen LogP contribution in [0.5, 0.6) is 0 Å². The molecule has 1 aromatic carbocycles. The van der Waals surface area contributed by atoms with Gasteiger partial charge in [-0.05, 0) is 24.3 Å². The molecule has 3 rings (SSSR count). The summed E-state index contributed by atoms with van der Waals surface area (Å²) in [5.74, 6) is -0.471. The highest BCUT2D eigenvalue weighted by molar-refractivity contribution is 7.15. The van der Waals surface area contributed by atoms with E-state index in [1.807, 2.05) is 23.6 Å². The quantitative estimate of drug-likeness (QED) is 0.572. The Labute approximate surface area is 169 Å². The summed E-state index contributed by atoms with van der Waals surface area (Å²) in [7, 11) is 0. The minimum absolute atomic E-state index is 0.111. The Morgan fingerprint density at radius 1 is 0.964 bits per heavy atom. The molecule has 0 aliphatic heterocycles. The van der Waals surface area contributed by atoms with Gasteiger partial charge in [0.1, 0.15) is 0 Å². The molecule has 9 heteroatoms. The van der Waals surface area contributed by atoms with Gasteiger partial charge in [0.05, 0.1) is 17.1 Å². The van der Waals surface area contributed by atoms with Crippen molar-refractivity contribution in [3.8, 4) is 11.3 Å². The maximum absolute atomic E-state index is 12.4. The van der Waals surface area contributed by atoms with Gasteiger partial charge in [0.25, 0.3) is 5.91 Å². The molecule has 0 saturated heterocycles. The summed E-state index contributed by atoms with van der Waals surface area (Å²) >= 11 is 2.67. The second-order valence-corrected chi connectivity index (χ2v) is 7.95. The van der Waals surface area contributed by atoms with E-state index in [0.717, 1.165) is 16.1 Å². The number of anilines is 2. The highest BCUT2D eigenvalue weighted by Gasteiger charge is 2.13. The number of thiophene rings is 1. The van der Waals surface area contributed by atoms with Crippen molar-refractivity contribution in [2.45, 2.75) is 20.4 Å². The van der Waals surface area contributed by atoms with Crippen molar-refractivity contribution in [1.82, 2.24) is 10.3 Å². The van der Waals surface area contributed by atoms with E-state index in [0.29, 0.717) is 22.2 Å². The molecular weight excluding hydrogens is 396 g/mol. The molecule has 3 amide bonds. The Hall–Kier alpha value is -3.04. The van der Waals surface area contributed by atoms with Crippen LogP contribution < -0.4 is 16.0 Å². The summed E-state index contributed by atoms with van der Waals surface area (Å²) < 4.78 is 0. The van der Waals surface area contributed by atoms with Gasteiger partial charge in [-0.3, -0.25) is 19.7 Å². The van der Waals surface area contributed by atoms with Crippen LogP contribution in [0, 0.1) is 0 Å². The van der Waals surface area contributed by atoms with Gasteiger partial charge in [-0.1, -0.05) is 12.1 Å². The number of carbonyl (C=O) groups is 3. The molecule has 0 aliphatic rings. The fraction of sp³-hybridized carbons (Fsp3) is 0.158. The Bertz CT molecular complexity index is 1010. The summed E-state index contributed by atoms with van der Waals surface area (Å²) in [5.41, 5.74) is 2.35. The number of nitrogens with zero attached hydrogens (tertiary/aromatic N) is 1. The maximum Gasteiger partial charge on any atom is 0.267 e. The average Bonchev–Trinajstić information content (AvgIpc) is 3.29. The number of amides is 3. The molecule has 3 aromatic rings. The average molecular weight is 415 g/mol. The van der Waals surface area contributed by atoms with E-state index in [4.69, 9.17) is 0 Å². The topological polar surface area (TPSA) is 100 Å². The van der Waals surface area contributed by atoms with E-state index < -0.39 is 0 Å². The number of hydrogen-bond donors (Lipinski definition) is 3. The van der Waals surface area contributed by atoms with Crippen LogP contribution in [-0.4, -0.2) is 22.7 Å². The van der Waals surface area contributed by atoms with Gasteiger partial charge in [-0.15, -0.1) is 22.7 Å².